The van der Waals surface area contributed by atoms with Crippen LogP contribution in [0.5, 0.6) is 5.75 Å². The van der Waals surface area contributed by atoms with Crippen LogP contribution in [0.25, 0.3) is 10.8 Å². The first-order valence-electron chi connectivity index (χ1n) is 8.32. The number of esters is 1. The fourth-order valence-corrected chi connectivity index (χ4v) is 2.73. The van der Waals surface area contributed by atoms with Gasteiger partial charge in [0.05, 0.1) is 6.61 Å². The summed E-state index contributed by atoms with van der Waals surface area (Å²) in [6, 6.07) is 17.0. The van der Waals surface area contributed by atoms with Crippen LogP contribution in [0.4, 0.5) is 11.5 Å². The lowest BCUT2D eigenvalue weighted by Crippen LogP contribution is -2.26. The van der Waals surface area contributed by atoms with Crippen LogP contribution in [-0.2, 0) is 9.53 Å². The van der Waals surface area contributed by atoms with Gasteiger partial charge in [-0.15, -0.1) is 0 Å². The molecule has 2 aromatic carbocycles. The highest BCUT2D eigenvalue weighted by molar-refractivity contribution is 6.30. The Morgan fingerprint density at radius 1 is 1.19 bits per heavy atom. The summed E-state index contributed by atoms with van der Waals surface area (Å²) in [4.78, 5) is 16.0. The van der Waals surface area contributed by atoms with Crippen molar-refractivity contribution in [1.82, 2.24) is 4.98 Å². The number of ether oxygens (including phenoxy) is 2. The van der Waals surface area contributed by atoms with Crippen LogP contribution >= 0.6 is 11.6 Å². The van der Waals surface area contributed by atoms with E-state index in [0.29, 0.717) is 23.3 Å². The number of benzene rings is 2. The summed E-state index contributed by atoms with van der Waals surface area (Å²) in [5, 5.41) is 5.69. The second kappa shape index (κ2) is 8.06. The average molecular weight is 371 g/mol. The molecule has 6 heteroatoms. The quantitative estimate of drug-likeness (QED) is 0.490. The first kappa shape index (κ1) is 18.0. The van der Waals surface area contributed by atoms with Gasteiger partial charge in [-0.25, -0.2) is 9.78 Å². The molecule has 0 aliphatic carbocycles. The summed E-state index contributed by atoms with van der Waals surface area (Å²) in [7, 11) is 0. The Hall–Kier alpha value is -2.79. The summed E-state index contributed by atoms with van der Waals surface area (Å²) in [6.07, 6.45) is -0.660. The van der Waals surface area contributed by atoms with Crippen LogP contribution < -0.4 is 10.1 Å². The van der Waals surface area contributed by atoms with E-state index in [1.165, 1.54) is 0 Å². The largest absolute Gasteiger partial charge is 0.479 e. The van der Waals surface area contributed by atoms with Crippen LogP contribution in [0.15, 0.2) is 54.6 Å². The lowest BCUT2D eigenvalue weighted by molar-refractivity contribution is -0.150. The Balaban J connectivity index is 1.75. The van der Waals surface area contributed by atoms with Crippen LogP contribution in [-0.4, -0.2) is 23.7 Å². The Kier molecular flexibility index (Phi) is 5.58. The van der Waals surface area contributed by atoms with Crippen molar-refractivity contribution in [3.8, 4) is 5.75 Å². The summed E-state index contributed by atoms with van der Waals surface area (Å²) in [5.74, 6) is 0.881. The molecule has 1 heterocycles. The SMILES string of the molecule is CCOC(=O)C(C)Oc1ccc(Nc2nc(Cl)cc3ccccc23)cc1. The van der Waals surface area contributed by atoms with Gasteiger partial charge >= 0.3 is 5.97 Å². The number of aromatic nitrogens is 1. The zero-order valence-electron chi connectivity index (χ0n) is 14.5. The Labute approximate surface area is 156 Å². The molecule has 0 saturated heterocycles. The van der Waals surface area contributed by atoms with Gasteiger partial charge in [0.15, 0.2) is 6.10 Å². The van der Waals surface area contributed by atoms with Crippen molar-refractivity contribution < 1.29 is 14.3 Å². The summed E-state index contributed by atoms with van der Waals surface area (Å²) >= 11 is 6.11. The molecule has 0 amide bonds. The first-order chi connectivity index (χ1) is 12.6. The van der Waals surface area contributed by atoms with E-state index in [-0.39, 0.29) is 5.97 Å². The van der Waals surface area contributed by atoms with E-state index in [2.05, 4.69) is 10.3 Å². The summed E-state index contributed by atoms with van der Waals surface area (Å²) in [5.41, 5.74) is 0.834. The highest BCUT2D eigenvalue weighted by Crippen LogP contribution is 2.28. The smallest absolute Gasteiger partial charge is 0.347 e. The standard InChI is InChI=1S/C20H19ClN2O3/c1-3-25-20(24)13(2)26-16-10-8-15(9-11-16)22-19-17-7-5-4-6-14(17)12-18(21)23-19/h4-13H,3H2,1-2H3,(H,22,23). The molecule has 1 N–H and O–H groups in total. The van der Waals surface area contributed by atoms with Crippen molar-refractivity contribution in [3.63, 3.8) is 0 Å². The average Bonchev–Trinajstić information content (AvgIpc) is 2.63. The fraction of sp³-hybridized carbons (Fsp3) is 0.200. The number of hydrogen-bond donors (Lipinski definition) is 1. The van der Waals surface area contributed by atoms with Gasteiger partial charge in [-0.05, 0) is 49.6 Å². The molecule has 0 saturated carbocycles. The molecule has 26 heavy (non-hydrogen) atoms. The molecule has 3 aromatic rings. The van der Waals surface area contributed by atoms with Gasteiger partial charge in [-0.1, -0.05) is 35.9 Å². The van der Waals surface area contributed by atoms with E-state index in [0.717, 1.165) is 16.5 Å². The molecule has 0 spiro atoms. The normalized spacial score (nSPS) is 11.8. The number of anilines is 2. The van der Waals surface area contributed by atoms with Crippen molar-refractivity contribution >= 4 is 39.8 Å². The maximum atomic E-state index is 11.6. The lowest BCUT2D eigenvalue weighted by Gasteiger charge is -2.14. The highest BCUT2D eigenvalue weighted by Gasteiger charge is 2.15. The van der Waals surface area contributed by atoms with Gasteiger partial charge < -0.3 is 14.8 Å². The highest BCUT2D eigenvalue weighted by atomic mass is 35.5. The number of rotatable bonds is 6. The lowest BCUT2D eigenvalue weighted by atomic mass is 10.1. The molecule has 3 rings (SSSR count). The van der Waals surface area contributed by atoms with Gasteiger partial charge in [0.25, 0.3) is 0 Å². The van der Waals surface area contributed by atoms with Gasteiger partial charge in [-0.2, -0.15) is 0 Å². The maximum absolute atomic E-state index is 11.6. The third-order valence-electron chi connectivity index (χ3n) is 3.76. The van der Waals surface area contributed by atoms with Crippen LogP contribution in [0.3, 0.4) is 0 Å². The zero-order valence-corrected chi connectivity index (χ0v) is 15.3. The zero-order chi connectivity index (χ0) is 18.5. The number of halogens is 1. The van der Waals surface area contributed by atoms with E-state index in [4.69, 9.17) is 21.1 Å². The van der Waals surface area contributed by atoms with E-state index < -0.39 is 6.10 Å². The molecule has 1 unspecified atom stereocenters. The second-order valence-electron chi connectivity index (χ2n) is 5.68. The van der Waals surface area contributed by atoms with Crippen molar-refractivity contribution in [2.24, 2.45) is 0 Å². The number of carbonyl (C=O) groups is 1. The van der Waals surface area contributed by atoms with Crippen molar-refractivity contribution in [1.29, 1.82) is 0 Å². The number of carbonyl (C=O) groups excluding carboxylic acids is 1. The topological polar surface area (TPSA) is 60.5 Å². The molecular formula is C20H19ClN2O3. The summed E-state index contributed by atoms with van der Waals surface area (Å²) < 4.78 is 10.5. The van der Waals surface area contributed by atoms with Crippen LogP contribution in [0, 0.1) is 0 Å². The van der Waals surface area contributed by atoms with Gasteiger partial charge in [0.2, 0.25) is 0 Å². The Morgan fingerprint density at radius 2 is 1.92 bits per heavy atom. The maximum Gasteiger partial charge on any atom is 0.347 e. The van der Waals surface area contributed by atoms with E-state index >= 15 is 0 Å². The fourth-order valence-electron chi connectivity index (χ4n) is 2.53. The molecule has 0 aliphatic rings. The van der Waals surface area contributed by atoms with Crippen molar-refractivity contribution in [2.75, 3.05) is 11.9 Å². The van der Waals surface area contributed by atoms with Crippen LogP contribution in [0.1, 0.15) is 13.8 Å². The Morgan fingerprint density at radius 3 is 2.65 bits per heavy atom. The second-order valence-corrected chi connectivity index (χ2v) is 6.06. The van der Waals surface area contributed by atoms with E-state index in [1.807, 2.05) is 42.5 Å². The molecule has 0 fully saturated rings. The third kappa shape index (κ3) is 4.24. The van der Waals surface area contributed by atoms with Crippen molar-refractivity contribution in [3.05, 3.63) is 59.8 Å². The van der Waals surface area contributed by atoms with Gasteiger partial charge in [0, 0.05) is 11.1 Å². The predicted molar refractivity (Wildman–Crippen MR) is 103 cm³/mol. The van der Waals surface area contributed by atoms with Gasteiger partial charge in [-0.3, -0.25) is 0 Å². The number of pyridine rings is 1. The molecule has 1 atom stereocenters. The third-order valence-corrected chi connectivity index (χ3v) is 3.95. The molecular weight excluding hydrogens is 352 g/mol. The van der Waals surface area contributed by atoms with E-state index in [1.54, 1.807) is 26.0 Å². The predicted octanol–water partition coefficient (Wildman–Crippen LogP) is 4.96. The molecule has 0 radical (unpaired) electrons. The number of nitrogens with zero attached hydrogens (tertiary/aromatic N) is 1. The van der Waals surface area contributed by atoms with Crippen molar-refractivity contribution in [2.45, 2.75) is 20.0 Å². The van der Waals surface area contributed by atoms with E-state index in [9.17, 15) is 4.79 Å². The number of hydrogen-bond acceptors (Lipinski definition) is 5. The molecule has 1 aromatic heterocycles. The number of nitrogens with one attached hydrogen (secondary N) is 1. The number of fused-ring (bicyclic) bond motifs is 1. The van der Waals surface area contributed by atoms with Crippen LogP contribution in [0.2, 0.25) is 5.15 Å². The molecule has 0 bridgehead atoms. The minimum absolute atomic E-state index is 0.329. The Bertz CT molecular complexity index is 913. The molecule has 134 valence electrons. The monoisotopic (exact) mass is 370 g/mol. The minimum atomic E-state index is -0.660. The molecule has 0 aliphatic heterocycles. The summed E-state index contributed by atoms with van der Waals surface area (Å²) in [6.45, 7) is 3.75. The minimum Gasteiger partial charge on any atom is -0.479 e. The molecule has 5 nitrogen and oxygen atoms in total. The first-order valence-corrected chi connectivity index (χ1v) is 8.70. The van der Waals surface area contributed by atoms with Gasteiger partial charge in [0.1, 0.15) is 16.7 Å².